The quantitative estimate of drug-likeness (QED) is 0.741. The maximum absolute atomic E-state index is 12.4. The van der Waals surface area contributed by atoms with E-state index in [4.69, 9.17) is 5.11 Å². The van der Waals surface area contributed by atoms with Crippen LogP contribution in [0.2, 0.25) is 0 Å². The Morgan fingerprint density at radius 2 is 1.75 bits per heavy atom. The van der Waals surface area contributed by atoms with Crippen molar-refractivity contribution in [3.8, 4) is 0 Å². The number of rotatable bonds is 6. The molecule has 0 radical (unpaired) electrons. The van der Waals surface area contributed by atoms with Gasteiger partial charge in [0.05, 0.1) is 13.5 Å². The molecule has 0 aliphatic rings. The first-order valence-corrected chi connectivity index (χ1v) is 6.48. The molecule has 0 saturated carbocycles. The van der Waals surface area contributed by atoms with Crippen LogP contribution in [0.25, 0.3) is 0 Å². The van der Waals surface area contributed by atoms with Gasteiger partial charge >= 0.3 is 18.0 Å². The highest BCUT2D eigenvalue weighted by Gasteiger charge is 2.30. The lowest BCUT2D eigenvalue weighted by Gasteiger charge is -2.38. The van der Waals surface area contributed by atoms with E-state index in [0.717, 1.165) is 0 Å². The van der Waals surface area contributed by atoms with Crippen molar-refractivity contribution < 1.29 is 24.2 Å². The molecule has 0 aromatic heterocycles. The minimum absolute atomic E-state index is 0.0926. The summed E-state index contributed by atoms with van der Waals surface area (Å²) >= 11 is 0. The number of hydrogen-bond acceptors (Lipinski definition) is 4. The van der Waals surface area contributed by atoms with Gasteiger partial charge in [0.1, 0.15) is 6.54 Å². The SMILES string of the molecule is CCN(CC(=O)OC)C(=O)N(CCC(=O)O)C(C)(C)C. The lowest BCUT2D eigenvalue weighted by Crippen LogP contribution is -2.53. The van der Waals surface area contributed by atoms with Crippen LogP contribution < -0.4 is 0 Å². The first kappa shape index (κ1) is 18.2. The number of aliphatic carboxylic acids is 1. The molecule has 0 atom stereocenters. The first-order valence-electron chi connectivity index (χ1n) is 6.48. The topological polar surface area (TPSA) is 87.2 Å². The number of urea groups is 1. The van der Waals surface area contributed by atoms with E-state index in [1.807, 2.05) is 20.8 Å². The van der Waals surface area contributed by atoms with Crippen molar-refractivity contribution >= 4 is 18.0 Å². The number of ether oxygens (including phenoxy) is 1. The molecule has 0 saturated heterocycles. The molecule has 0 aromatic carbocycles. The molecule has 0 spiro atoms. The average Bonchev–Trinajstić information content (AvgIpc) is 2.33. The Hall–Kier alpha value is -1.79. The molecule has 1 N–H and O–H groups in total. The molecule has 0 bridgehead atoms. The normalized spacial score (nSPS) is 10.8. The van der Waals surface area contributed by atoms with Gasteiger partial charge in [-0.05, 0) is 27.7 Å². The van der Waals surface area contributed by atoms with Gasteiger partial charge in [0, 0.05) is 18.6 Å². The van der Waals surface area contributed by atoms with Crippen LogP contribution in [-0.2, 0) is 14.3 Å². The van der Waals surface area contributed by atoms with Gasteiger partial charge in [0.15, 0.2) is 0 Å². The molecule has 0 aromatic rings. The fraction of sp³-hybridized carbons (Fsp3) is 0.769. The number of carboxylic acid groups (broad SMARTS) is 1. The highest BCUT2D eigenvalue weighted by Crippen LogP contribution is 2.16. The number of nitrogens with zero attached hydrogens (tertiary/aromatic N) is 2. The highest BCUT2D eigenvalue weighted by molar-refractivity contribution is 5.81. The summed E-state index contributed by atoms with van der Waals surface area (Å²) in [7, 11) is 1.26. The third-order valence-corrected chi connectivity index (χ3v) is 2.79. The van der Waals surface area contributed by atoms with Crippen LogP contribution in [-0.4, -0.2) is 65.2 Å². The molecule has 2 amide bonds. The number of likely N-dealkylation sites (N-methyl/N-ethyl adjacent to an activating group) is 1. The summed E-state index contributed by atoms with van der Waals surface area (Å²) in [5.41, 5.74) is -0.532. The minimum Gasteiger partial charge on any atom is -0.481 e. The van der Waals surface area contributed by atoms with Gasteiger partial charge in [-0.15, -0.1) is 0 Å². The van der Waals surface area contributed by atoms with Crippen LogP contribution in [0.4, 0.5) is 4.79 Å². The molecule has 116 valence electrons. The summed E-state index contributed by atoms with van der Waals surface area (Å²) in [6, 6.07) is -0.369. The van der Waals surface area contributed by atoms with Crippen molar-refractivity contribution in [1.29, 1.82) is 0 Å². The lowest BCUT2D eigenvalue weighted by molar-refractivity contribution is -0.141. The average molecular weight is 288 g/mol. The van der Waals surface area contributed by atoms with E-state index in [2.05, 4.69) is 4.74 Å². The van der Waals surface area contributed by atoms with Crippen LogP contribution in [0.5, 0.6) is 0 Å². The van der Waals surface area contributed by atoms with Gasteiger partial charge in [-0.2, -0.15) is 0 Å². The van der Waals surface area contributed by atoms with E-state index in [1.54, 1.807) is 6.92 Å². The molecule has 20 heavy (non-hydrogen) atoms. The van der Waals surface area contributed by atoms with Crippen LogP contribution in [0.3, 0.4) is 0 Å². The number of carbonyl (C=O) groups is 3. The first-order chi connectivity index (χ1) is 9.13. The highest BCUT2D eigenvalue weighted by atomic mass is 16.5. The molecule has 0 aliphatic heterocycles. The molecule has 7 nitrogen and oxygen atoms in total. The van der Waals surface area contributed by atoms with Crippen LogP contribution in [0.15, 0.2) is 0 Å². The summed E-state index contributed by atoms with van der Waals surface area (Å²) in [6.45, 7) is 7.49. The van der Waals surface area contributed by atoms with Crippen molar-refractivity contribution in [3.63, 3.8) is 0 Å². The zero-order valence-corrected chi connectivity index (χ0v) is 12.8. The molecule has 0 heterocycles. The second-order valence-electron chi connectivity index (χ2n) is 5.34. The zero-order chi connectivity index (χ0) is 15.9. The molecule has 0 aliphatic carbocycles. The molecule has 0 unspecified atom stereocenters. The van der Waals surface area contributed by atoms with Gasteiger partial charge in [0.2, 0.25) is 0 Å². The van der Waals surface area contributed by atoms with Crippen LogP contribution in [0.1, 0.15) is 34.1 Å². The Morgan fingerprint density at radius 1 is 1.20 bits per heavy atom. The Labute approximate surface area is 119 Å². The van der Waals surface area contributed by atoms with Crippen molar-refractivity contribution in [2.75, 3.05) is 26.7 Å². The summed E-state index contributed by atoms with van der Waals surface area (Å²) in [5, 5.41) is 8.76. The largest absolute Gasteiger partial charge is 0.481 e. The van der Waals surface area contributed by atoms with Crippen molar-refractivity contribution in [2.24, 2.45) is 0 Å². The third-order valence-electron chi connectivity index (χ3n) is 2.79. The Bertz CT molecular complexity index is 362. The second-order valence-corrected chi connectivity index (χ2v) is 5.34. The number of esters is 1. The lowest BCUT2D eigenvalue weighted by atomic mass is 10.1. The maximum Gasteiger partial charge on any atom is 0.325 e. The van der Waals surface area contributed by atoms with E-state index < -0.39 is 17.5 Å². The number of carboxylic acids is 1. The third kappa shape index (κ3) is 5.90. The van der Waals surface area contributed by atoms with E-state index >= 15 is 0 Å². The smallest absolute Gasteiger partial charge is 0.325 e. The fourth-order valence-corrected chi connectivity index (χ4v) is 1.63. The van der Waals surface area contributed by atoms with Crippen LogP contribution in [0, 0.1) is 0 Å². The van der Waals surface area contributed by atoms with Crippen molar-refractivity contribution in [2.45, 2.75) is 39.7 Å². The molecule has 0 rings (SSSR count). The standard InChI is InChI=1S/C13H24N2O5/c1-6-14(9-11(18)20-5)12(19)15(13(2,3)4)8-7-10(16)17/h6-9H2,1-5H3,(H,16,17). The van der Waals surface area contributed by atoms with Crippen LogP contribution >= 0.6 is 0 Å². The second kappa shape index (κ2) is 7.72. The summed E-state index contributed by atoms with van der Waals surface area (Å²) in [6.07, 6.45) is -0.140. The molecule has 0 fully saturated rings. The maximum atomic E-state index is 12.4. The fourth-order valence-electron chi connectivity index (χ4n) is 1.63. The monoisotopic (exact) mass is 288 g/mol. The Balaban J connectivity index is 4.99. The molecular formula is C13H24N2O5. The van der Waals surface area contributed by atoms with Gasteiger partial charge in [-0.25, -0.2) is 4.79 Å². The molecular weight excluding hydrogens is 264 g/mol. The van der Waals surface area contributed by atoms with E-state index in [9.17, 15) is 14.4 Å². The van der Waals surface area contributed by atoms with Gasteiger partial charge in [-0.1, -0.05) is 0 Å². The van der Waals surface area contributed by atoms with E-state index in [0.29, 0.717) is 6.54 Å². The van der Waals surface area contributed by atoms with E-state index in [-0.39, 0.29) is 25.5 Å². The number of amides is 2. The van der Waals surface area contributed by atoms with Gasteiger partial charge < -0.3 is 19.6 Å². The van der Waals surface area contributed by atoms with Crippen molar-refractivity contribution in [3.05, 3.63) is 0 Å². The van der Waals surface area contributed by atoms with Gasteiger partial charge in [0.25, 0.3) is 0 Å². The molecule has 7 heteroatoms. The summed E-state index contributed by atoms with van der Waals surface area (Å²) < 4.78 is 4.55. The zero-order valence-electron chi connectivity index (χ0n) is 12.8. The number of carbonyl (C=O) groups excluding carboxylic acids is 2. The predicted octanol–water partition coefficient (Wildman–Crippen LogP) is 1.18. The number of hydrogen-bond donors (Lipinski definition) is 1. The minimum atomic E-state index is -0.969. The summed E-state index contributed by atoms with van der Waals surface area (Å²) in [4.78, 5) is 37.2. The van der Waals surface area contributed by atoms with E-state index in [1.165, 1.54) is 16.9 Å². The van der Waals surface area contributed by atoms with Crippen molar-refractivity contribution in [1.82, 2.24) is 9.80 Å². The van der Waals surface area contributed by atoms with Gasteiger partial charge in [-0.3, -0.25) is 9.59 Å². The predicted molar refractivity (Wildman–Crippen MR) is 73.4 cm³/mol. The number of methoxy groups -OCH3 is 1. The Morgan fingerprint density at radius 3 is 2.10 bits per heavy atom. The Kier molecular flexibility index (Phi) is 7.02. The summed E-state index contributed by atoms with van der Waals surface area (Å²) in [5.74, 6) is -1.48.